The molecule has 0 unspecified atom stereocenters. The van der Waals surface area contributed by atoms with Gasteiger partial charge in [0.05, 0.1) is 5.54 Å². The molecule has 21 heavy (non-hydrogen) atoms. The molecule has 0 saturated heterocycles. The van der Waals surface area contributed by atoms with Gasteiger partial charge in [-0.25, -0.2) is 4.79 Å². The molecule has 1 rings (SSSR count). The number of ether oxygens (including phenoxy) is 1. The molecule has 0 spiro atoms. The summed E-state index contributed by atoms with van der Waals surface area (Å²) in [7, 11) is 0. The maximum absolute atomic E-state index is 11.8. The van der Waals surface area contributed by atoms with E-state index in [1.807, 2.05) is 0 Å². The molecule has 0 aliphatic heterocycles. The Morgan fingerprint density at radius 1 is 1.24 bits per heavy atom. The van der Waals surface area contributed by atoms with Gasteiger partial charge in [0.1, 0.15) is 5.60 Å². The fraction of sp³-hybridized carbons (Fsp3) is 0.571. The minimum Gasteiger partial charge on any atom is -0.444 e. The normalized spacial score (nSPS) is 11.9. The quantitative estimate of drug-likeness (QED) is 0.864. The van der Waals surface area contributed by atoms with Crippen molar-refractivity contribution in [3.8, 4) is 0 Å². The summed E-state index contributed by atoms with van der Waals surface area (Å²) < 4.78 is 10.8. The van der Waals surface area contributed by atoms with E-state index in [1.165, 1.54) is 0 Å². The van der Waals surface area contributed by atoms with Crippen LogP contribution in [0.2, 0.25) is 0 Å². The molecular weight excluding hydrogens is 340 g/mol. The van der Waals surface area contributed by atoms with E-state index in [9.17, 15) is 9.59 Å². The second-order valence-corrected chi connectivity index (χ2v) is 7.08. The van der Waals surface area contributed by atoms with Crippen LogP contribution in [0.3, 0.4) is 0 Å². The highest BCUT2D eigenvalue weighted by Gasteiger charge is 2.25. The number of furan rings is 1. The van der Waals surface area contributed by atoms with E-state index in [1.54, 1.807) is 46.8 Å². The number of nitrogens with one attached hydrogen (secondary N) is 2. The molecule has 0 radical (unpaired) electrons. The summed E-state index contributed by atoms with van der Waals surface area (Å²) in [5.41, 5.74) is -1.22. The molecule has 0 bridgehead atoms. The highest BCUT2D eigenvalue weighted by atomic mass is 79.9. The van der Waals surface area contributed by atoms with Crippen molar-refractivity contribution >= 4 is 27.9 Å². The summed E-state index contributed by atoms with van der Waals surface area (Å²) in [6, 6.07) is 3.20. The Labute approximate surface area is 132 Å². The highest BCUT2D eigenvalue weighted by molar-refractivity contribution is 9.10. The topological polar surface area (TPSA) is 80.6 Å². The van der Waals surface area contributed by atoms with E-state index in [4.69, 9.17) is 9.15 Å². The minimum atomic E-state index is -0.651. The molecule has 2 N–H and O–H groups in total. The van der Waals surface area contributed by atoms with Crippen LogP contribution in [0.15, 0.2) is 21.2 Å². The Hall–Kier alpha value is -1.50. The lowest BCUT2D eigenvalue weighted by atomic mass is 10.1. The van der Waals surface area contributed by atoms with Crippen molar-refractivity contribution in [2.75, 3.05) is 6.54 Å². The van der Waals surface area contributed by atoms with Crippen LogP contribution in [-0.2, 0) is 4.74 Å². The summed E-state index contributed by atoms with van der Waals surface area (Å²) in [4.78, 5) is 23.6. The standard InChI is InChI=1S/C14H21BrN2O4/c1-13(2,3)21-12(19)17-14(4,5)8-16-11(18)9-6-7-10(15)20-9/h6-7H,8H2,1-5H3,(H,16,18)(H,17,19). The number of carbonyl (C=O) groups excluding carboxylic acids is 2. The van der Waals surface area contributed by atoms with Gasteiger partial charge in [-0.1, -0.05) is 0 Å². The molecule has 2 amide bonds. The maximum atomic E-state index is 11.8. The van der Waals surface area contributed by atoms with Crippen molar-refractivity contribution in [3.05, 3.63) is 22.6 Å². The number of amides is 2. The number of hydrogen-bond acceptors (Lipinski definition) is 4. The van der Waals surface area contributed by atoms with E-state index < -0.39 is 17.2 Å². The van der Waals surface area contributed by atoms with Crippen LogP contribution >= 0.6 is 15.9 Å². The van der Waals surface area contributed by atoms with Crippen LogP contribution in [0.1, 0.15) is 45.2 Å². The predicted molar refractivity (Wildman–Crippen MR) is 82.2 cm³/mol. The molecule has 1 heterocycles. The lowest BCUT2D eigenvalue weighted by Crippen LogP contribution is -2.52. The molecule has 0 atom stereocenters. The second kappa shape index (κ2) is 6.51. The zero-order valence-electron chi connectivity index (χ0n) is 12.9. The Morgan fingerprint density at radius 2 is 1.86 bits per heavy atom. The Morgan fingerprint density at radius 3 is 2.33 bits per heavy atom. The fourth-order valence-electron chi connectivity index (χ4n) is 1.45. The van der Waals surface area contributed by atoms with Crippen molar-refractivity contribution in [1.29, 1.82) is 0 Å². The Bertz CT molecular complexity index is 517. The number of carbonyl (C=O) groups is 2. The lowest BCUT2D eigenvalue weighted by Gasteiger charge is -2.28. The summed E-state index contributed by atoms with van der Waals surface area (Å²) in [5.74, 6) is -0.144. The van der Waals surface area contributed by atoms with Gasteiger partial charge in [-0.05, 0) is 62.7 Å². The molecule has 0 aliphatic rings. The van der Waals surface area contributed by atoms with Gasteiger partial charge in [-0.3, -0.25) is 4.79 Å². The number of alkyl carbamates (subject to hydrolysis) is 1. The number of rotatable bonds is 4. The first kappa shape index (κ1) is 17.6. The van der Waals surface area contributed by atoms with Gasteiger partial charge in [-0.2, -0.15) is 0 Å². The monoisotopic (exact) mass is 360 g/mol. The summed E-state index contributed by atoms with van der Waals surface area (Å²) in [5, 5.41) is 5.41. The SMILES string of the molecule is CC(C)(CNC(=O)c1ccc(Br)o1)NC(=O)OC(C)(C)C. The van der Waals surface area contributed by atoms with Crippen molar-refractivity contribution in [1.82, 2.24) is 10.6 Å². The molecule has 1 aromatic rings. The van der Waals surface area contributed by atoms with Crippen molar-refractivity contribution in [2.24, 2.45) is 0 Å². The minimum absolute atomic E-state index is 0.204. The molecule has 1 aromatic heterocycles. The average Bonchev–Trinajstić information content (AvgIpc) is 2.69. The Balaban J connectivity index is 2.49. The summed E-state index contributed by atoms with van der Waals surface area (Å²) >= 11 is 3.13. The highest BCUT2D eigenvalue weighted by Crippen LogP contribution is 2.14. The van der Waals surface area contributed by atoms with Crippen LogP contribution in [0.25, 0.3) is 0 Å². The largest absolute Gasteiger partial charge is 0.444 e. The second-order valence-electron chi connectivity index (χ2n) is 6.30. The number of hydrogen-bond donors (Lipinski definition) is 2. The van der Waals surface area contributed by atoms with Crippen molar-refractivity contribution in [2.45, 2.75) is 45.8 Å². The number of halogens is 1. The van der Waals surface area contributed by atoms with Crippen LogP contribution in [0, 0.1) is 0 Å². The van der Waals surface area contributed by atoms with Gasteiger partial charge in [0.25, 0.3) is 5.91 Å². The van der Waals surface area contributed by atoms with Crippen LogP contribution < -0.4 is 10.6 Å². The van der Waals surface area contributed by atoms with E-state index in [0.717, 1.165) is 0 Å². The molecule has 6 nitrogen and oxygen atoms in total. The molecule has 0 aromatic carbocycles. The first-order chi connectivity index (χ1) is 9.48. The molecule has 0 saturated carbocycles. The maximum Gasteiger partial charge on any atom is 0.408 e. The molecular formula is C14H21BrN2O4. The smallest absolute Gasteiger partial charge is 0.408 e. The van der Waals surface area contributed by atoms with Crippen LogP contribution in [0.4, 0.5) is 4.79 Å². The van der Waals surface area contributed by atoms with Crippen LogP contribution in [0.5, 0.6) is 0 Å². The van der Waals surface area contributed by atoms with Gasteiger partial charge in [0.2, 0.25) is 0 Å². The van der Waals surface area contributed by atoms with E-state index in [2.05, 4.69) is 26.6 Å². The van der Waals surface area contributed by atoms with Gasteiger partial charge >= 0.3 is 6.09 Å². The van der Waals surface area contributed by atoms with Crippen LogP contribution in [-0.4, -0.2) is 29.7 Å². The van der Waals surface area contributed by atoms with Gasteiger partial charge in [0.15, 0.2) is 10.4 Å². The predicted octanol–water partition coefficient (Wildman–Crippen LogP) is 3.08. The Kier molecular flexibility index (Phi) is 5.44. The van der Waals surface area contributed by atoms with Crippen molar-refractivity contribution < 1.29 is 18.7 Å². The lowest BCUT2D eigenvalue weighted by molar-refractivity contribution is 0.0468. The zero-order valence-corrected chi connectivity index (χ0v) is 14.5. The first-order valence-electron chi connectivity index (χ1n) is 6.53. The van der Waals surface area contributed by atoms with Gasteiger partial charge in [-0.15, -0.1) is 0 Å². The molecule has 118 valence electrons. The summed E-state index contributed by atoms with van der Waals surface area (Å²) in [6.45, 7) is 9.18. The first-order valence-corrected chi connectivity index (χ1v) is 7.32. The van der Waals surface area contributed by atoms with E-state index in [-0.39, 0.29) is 18.2 Å². The fourth-order valence-corrected chi connectivity index (χ4v) is 1.76. The third-order valence-electron chi connectivity index (χ3n) is 2.33. The molecule has 7 heteroatoms. The molecule has 0 fully saturated rings. The summed E-state index contributed by atoms with van der Waals surface area (Å²) in [6.07, 6.45) is -0.525. The van der Waals surface area contributed by atoms with E-state index in [0.29, 0.717) is 4.67 Å². The zero-order chi connectivity index (χ0) is 16.3. The van der Waals surface area contributed by atoms with Gasteiger partial charge in [0, 0.05) is 6.54 Å². The third kappa shape index (κ3) is 6.66. The average molecular weight is 361 g/mol. The molecule has 0 aliphatic carbocycles. The van der Waals surface area contributed by atoms with E-state index >= 15 is 0 Å². The van der Waals surface area contributed by atoms with Gasteiger partial charge < -0.3 is 19.8 Å². The van der Waals surface area contributed by atoms with Crippen molar-refractivity contribution in [3.63, 3.8) is 0 Å². The third-order valence-corrected chi connectivity index (χ3v) is 2.75.